The van der Waals surface area contributed by atoms with Crippen LogP contribution in [0.15, 0.2) is 121 Å². The second-order valence-corrected chi connectivity index (χ2v) is 17.2. The normalized spacial score (nSPS) is 14.4. The fourth-order valence-corrected chi connectivity index (χ4v) is 17.6. The van der Waals surface area contributed by atoms with E-state index in [1.54, 1.807) is 43.4 Å². The lowest BCUT2D eigenvalue weighted by Crippen LogP contribution is -2.01. The zero-order valence-corrected chi connectivity index (χ0v) is 25.9. The predicted molar refractivity (Wildman–Crippen MR) is 184 cm³/mol. The molecular formula is C40H36P2. The van der Waals surface area contributed by atoms with Crippen LogP contribution in [-0.2, 0) is 25.7 Å². The maximum Gasteiger partial charge on any atom is 0.0131 e. The molecule has 0 spiro atoms. The van der Waals surface area contributed by atoms with E-state index in [9.17, 15) is 0 Å². The van der Waals surface area contributed by atoms with Gasteiger partial charge in [-0.25, -0.2) is 0 Å². The van der Waals surface area contributed by atoms with Crippen molar-refractivity contribution in [2.45, 2.75) is 51.4 Å². The highest BCUT2D eigenvalue weighted by Gasteiger charge is 2.34. The van der Waals surface area contributed by atoms with Gasteiger partial charge in [0.05, 0.1) is 0 Å². The first kappa shape index (κ1) is 26.1. The van der Waals surface area contributed by atoms with Crippen LogP contribution in [0.4, 0.5) is 0 Å². The van der Waals surface area contributed by atoms with E-state index in [0.29, 0.717) is 0 Å². The molecule has 2 aliphatic rings. The van der Waals surface area contributed by atoms with E-state index in [1.807, 2.05) is 0 Å². The van der Waals surface area contributed by atoms with Gasteiger partial charge in [0.25, 0.3) is 0 Å². The molecule has 0 nitrogen and oxygen atoms in total. The van der Waals surface area contributed by atoms with Crippen molar-refractivity contribution in [3.8, 4) is 43.4 Å². The number of hydrogen-bond donors (Lipinski definition) is 0. The van der Waals surface area contributed by atoms with E-state index < -0.39 is 14.4 Å². The SMILES string of the molecule is c1ccc(-c2c3c(c(-c4ccccc4)p2-p2c(-c4ccccc4)c4c(c2-c2ccccc2)CCCC4)CCCC3)cc1. The molecule has 2 heteroatoms. The third kappa shape index (κ3) is 4.36. The Morgan fingerprint density at radius 1 is 0.286 bits per heavy atom. The summed E-state index contributed by atoms with van der Waals surface area (Å²) in [4.78, 5) is 0. The maximum atomic E-state index is 2.40. The second-order valence-electron chi connectivity index (χ2n) is 11.8. The molecule has 0 saturated heterocycles. The maximum absolute atomic E-state index is 2.40. The summed E-state index contributed by atoms with van der Waals surface area (Å²) >= 11 is 0. The molecule has 0 aliphatic heterocycles. The summed E-state index contributed by atoms with van der Waals surface area (Å²) in [6.07, 6.45) is 10.1. The summed E-state index contributed by atoms with van der Waals surface area (Å²) in [6, 6.07) is 46.0. The van der Waals surface area contributed by atoms with Crippen LogP contribution in [0.25, 0.3) is 43.4 Å². The van der Waals surface area contributed by atoms with Crippen molar-refractivity contribution in [1.82, 2.24) is 0 Å². The fourth-order valence-electron chi connectivity index (χ4n) is 7.56. The molecule has 0 amide bonds. The average Bonchev–Trinajstić information content (AvgIpc) is 3.59. The standard InChI is InChI=1S/C40H36P2/c1-5-17-29(18-6-1)37-33-25-13-14-26-34(33)38(30-19-7-2-8-20-30)41(37)42-39(31-21-9-3-10-22-31)35-27-15-16-28-36(35)40(42)32-23-11-4-12-24-32/h1-12,17-24H,13-16,25-28H2. The van der Waals surface area contributed by atoms with Gasteiger partial charge in [-0.05, 0) is 95.9 Å². The van der Waals surface area contributed by atoms with Gasteiger partial charge in [0.15, 0.2) is 0 Å². The molecule has 8 rings (SSSR count). The van der Waals surface area contributed by atoms with Crippen LogP contribution >= 0.6 is 14.4 Å². The quantitative estimate of drug-likeness (QED) is 0.191. The summed E-state index contributed by atoms with van der Waals surface area (Å²) in [7, 11) is -1.26. The van der Waals surface area contributed by atoms with Gasteiger partial charge in [0.2, 0.25) is 0 Å². The second kappa shape index (κ2) is 11.3. The predicted octanol–water partition coefficient (Wildman–Crippen LogP) is 12.4. The Morgan fingerprint density at radius 3 is 0.714 bits per heavy atom. The first-order valence-corrected chi connectivity index (χ1v) is 19.0. The third-order valence-corrected chi connectivity index (χ3v) is 17.1. The highest BCUT2D eigenvalue weighted by molar-refractivity contribution is 8.26. The molecule has 2 heterocycles. The van der Waals surface area contributed by atoms with Crippen LogP contribution in [-0.4, -0.2) is 0 Å². The minimum atomic E-state index is -0.630. The average molecular weight is 579 g/mol. The largest absolute Gasteiger partial charge is 0.0622 e. The lowest BCUT2D eigenvalue weighted by atomic mass is 9.89. The third-order valence-electron chi connectivity index (χ3n) is 9.32. The van der Waals surface area contributed by atoms with Crippen LogP contribution in [0.1, 0.15) is 47.9 Å². The molecule has 206 valence electrons. The highest BCUT2D eigenvalue weighted by Crippen LogP contribution is 2.78. The van der Waals surface area contributed by atoms with Gasteiger partial charge in [-0.2, -0.15) is 0 Å². The Kier molecular flexibility index (Phi) is 7.00. The Morgan fingerprint density at radius 2 is 0.500 bits per heavy atom. The lowest BCUT2D eigenvalue weighted by molar-refractivity contribution is 0.692. The van der Waals surface area contributed by atoms with E-state index in [0.717, 1.165) is 0 Å². The molecule has 6 aromatic rings. The molecule has 0 saturated carbocycles. The van der Waals surface area contributed by atoms with E-state index in [1.165, 1.54) is 73.6 Å². The Hall–Kier alpha value is -3.56. The molecule has 0 atom stereocenters. The summed E-state index contributed by atoms with van der Waals surface area (Å²) in [6.45, 7) is 0. The lowest BCUT2D eigenvalue weighted by Gasteiger charge is -2.18. The highest BCUT2D eigenvalue weighted by atomic mass is 32.0. The number of rotatable bonds is 5. The molecule has 2 aliphatic carbocycles. The van der Waals surface area contributed by atoms with E-state index in [-0.39, 0.29) is 0 Å². The van der Waals surface area contributed by atoms with Crippen molar-refractivity contribution >= 4 is 14.4 Å². The summed E-state index contributed by atoms with van der Waals surface area (Å²) < 4.78 is 0. The van der Waals surface area contributed by atoms with Gasteiger partial charge in [-0.1, -0.05) is 136 Å². The molecule has 0 bridgehead atoms. The molecular weight excluding hydrogens is 542 g/mol. The van der Waals surface area contributed by atoms with Crippen molar-refractivity contribution < 1.29 is 0 Å². The molecule has 42 heavy (non-hydrogen) atoms. The van der Waals surface area contributed by atoms with Crippen molar-refractivity contribution in [2.75, 3.05) is 0 Å². The molecule has 0 N–H and O–H groups in total. The molecule has 0 fully saturated rings. The number of hydrogen-bond acceptors (Lipinski definition) is 0. The van der Waals surface area contributed by atoms with Gasteiger partial charge in [0.1, 0.15) is 0 Å². The minimum absolute atomic E-state index is 0.630. The first-order chi connectivity index (χ1) is 20.9. The zero-order chi connectivity index (χ0) is 27.9. The molecule has 2 aromatic heterocycles. The zero-order valence-electron chi connectivity index (χ0n) is 24.1. The summed E-state index contributed by atoms with van der Waals surface area (Å²) in [5, 5.41) is 6.75. The molecule has 0 radical (unpaired) electrons. The monoisotopic (exact) mass is 578 g/mol. The van der Waals surface area contributed by atoms with Gasteiger partial charge >= 0.3 is 0 Å². The topological polar surface area (TPSA) is 0 Å². The van der Waals surface area contributed by atoms with Gasteiger partial charge in [-0.3, -0.25) is 0 Å². The van der Waals surface area contributed by atoms with Crippen LogP contribution in [0.5, 0.6) is 0 Å². The smallest absolute Gasteiger partial charge is 0.0131 e. The fraction of sp³-hybridized carbons (Fsp3) is 0.200. The first-order valence-electron chi connectivity index (χ1n) is 15.7. The number of fused-ring (bicyclic) bond motifs is 2. The van der Waals surface area contributed by atoms with Crippen molar-refractivity contribution in [2.24, 2.45) is 0 Å². The molecule has 0 unspecified atom stereocenters. The van der Waals surface area contributed by atoms with Gasteiger partial charge in [-0.15, -0.1) is 0 Å². The summed E-state index contributed by atoms with van der Waals surface area (Å²) in [5.74, 6) is 0. The Labute approximate surface area is 252 Å². The summed E-state index contributed by atoms with van der Waals surface area (Å²) in [5.41, 5.74) is 12.6. The van der Waals surface area contributed by atoms with Crippen molar-refractivity contribution in [1.29, 1.82) is 0 Å². The van der Waals surface area contributed by atoms with Gasteiger partial charge < -0.3 is 0 Å². The van der Waals surface area contributed by atoms with E-state index in [2.05, 4.69) is 121 Å². The van der Waals surface area contributed by atoms with Crippen LogP contribution in [0, 0.1) is 0 Å². The van der Waals surface area contributed by atoms with Crippen LogP contribution < -0.4 is 0 Å². The Bertz CT molecular complexity index is 1570. The van der Waals surface area contributed by atoms with E-state index in [4.69, 9.17) is 0 Å². The van der Waals surface area contributed by atoms with Crippen LogP contribution in [0.3, 0.4) is 0 Å². The Balaban J connectivity index is 1.59. The minimum Gasteiger partial charge on any atom is -0.0622 e. The van der Waals surface area contributed by atoms with E-state index >= 15 is 0 Å². The van der Waals surface area contributed by atoms with Crippen molar-refractivity contribution in [3.05, 3.63) is 144 Å². The number of benzene rings is 4. The van der Waals surface area contributed by atoms with Gasteiger partial charge in [0, 0.05) is 21.2 Å². The van der Waals surface area contributed by atoms with Crippen LogP contribution in [0.2, 0.25) is 0 Å². The van der Waals surface area contributed by atoms with Crippen molar-refractivity contribution in [3.63, 3.8) is 0 Å². The molecule has 4 aromatic carbocycles.